The van der Waals surface area contributed by atoms with Crippen molar-refractivity contribution in [3.05, 3.63) is 35.4 Å². The van der Waals surface area contributed by atoms with Crippen LogP contribution in [0.3, 0.4) is 0 Å². The van der Waals surface area contributed by atoms with E-state index in [2.05, 4.69) is 43.4 Å². The van der Waals surface area contributed by atoms with Crippen LogP contribution in [-0.4, -0.2) is 19.1 Å². The van der Waals surface area contributed by atoms with E-state index in [-0.39, 0.29) is 6.04 Å². The van der Waals surface area contributed by atoms with E-state index in [4.69, 9.17) is 5.73 Å². The van der Waals surface area contributed by atoms with Gasteiger partial charge < -0.3 is 11.1 Å². The summed E-state index contributed by atoms with van der Waals surface area (Å²) >= 11 is 0. The summed E-state index contributed by atoms with van der Waals surface area (Å²) in [6.45, 7) is 8.43. The molecule has 0 saturated heterocycles. The summed E-state index contributed by atoms with van der Waals surface area (Å²) < 4.78 is 0. The zero-order chi connectivity index (χ0) is 12.7. The first-order valence-electron chi connectivity index (χ1n) is 6.62. The molecule has 0 saturated carbocycles. The monoisotopic (exact) mass is 234 g/mol. The van der Waals surface area contributed by atoms with Crippen LogP contribution in [0.15, 0.2) is 24.3 Å². The molecule has 2 heteroatoms. The first-order chi connectivity index (χ1) is 8.08. The molecule has 17 heavy (non-hydrogen) atoms. The lowest BCUT2D eigenvalue weighted by molar-refractivity contribution is 0.608. The third-order valence-electron chi connectivity index (χ3n) is 2.72. The number of nitrogens with two attached hydrogens (primary N) is 1. The number of nitrogens with one attached hydrogen (secondary N) is 1. The quantitative estimate of drug-likeness (QED) is 0.711. The van der Waals surface area contributed by atoms with Crippen LogP contribution < -0.4 is 11.1 Å². The van der Waals surface area contributed by atoms with Gasteiger partial charge in [0.05, 0.1) is 0 Å². The molecule has 2 nitrogen and oxygen atoms in total. The topological polar surface area (TPSA) is 38.0 Å². The van der Waals surface area contributed by atoms with Crippen molar-refractivity contribution in [2.24, 2.45) is 11.7 Å². The van der Waals surface area contributed by atoms with E-state index in [1.807, 2.05) is 6.92 Å². The van der Waals surface area contributed by atoms with Gasteiger partial charge >= 0.3 is 0 Å². The van der Waals surface area contributed by atoms with Crippen molar-refractivity contribution in [1.29, 1.82) is 0 Å². The van der Waals surface area contributed by atoms with E-state index in [1.165, 1.54) is 17.5 Å². The molecule has 1 aromatic carbocycles. The molecule has 1 atom stereocenters. The number of hydrogen-bond donors (Lipinski definition) is 2. The summed E-state index contributed by atoms with van der Waals surface area (Å²) in [4.78, 5) is 0. The highest BCUT2D eigenvalue weighted by molar-refractivity contribution is 5.23. The molecule has 0 fully saturated rings. The maximum Gasteiger partial charge on any atom is 0.0136 e. The summed E-state index contributed by atoms with van der Waals surface area (Å²) in [6.07, 6.45) is 2.25. The minimum absolute atomic E-state index is 0.239. The SMILES string of the molecule is CC(C)Cc1ccc(CCNCC(C)N)cc1. The fourth-order valence-corrected chi connectivity index (χ4v) is 1.88. The van der Waals surface area contributed by atoms with E-state index in [9.17, 15) is 0 Å². The Balaban J connectivity index is 2.30. The smallest absolute Gasteiger partial charge is 0.0136 e. The molecule has 0 bridgehead atoms. The third-order valence-corrected chi connectivity index (χ3v) is 2.72. The Morgan fingerprint density at radius 2 is 1.65 bits per heavy atom. The average molecular weight is 234 g/mol. The fraction of sp³-hybridized carbons (Fsp3) is 0.600. The largest absolute Gasteiger partial charge is 0.327 e. The third kappa shape index (κ3) is 6.44. The van der Waals surface area contributed by atoms with Crippen LogP contribution in [0.1, 0.15) is 31.9 Å². The zero-order valence-electron chi connectivity index (χ0n) is 11.4. The molecular formula is C15H26N2. The predicted molar refractivity (Wildman–Crippen MR) is 75.2 cm³/mol. The van der Waals surface area contributed by atoms with Crippen molar-refractivity contribution >= 4 is 0 Å². The highest BCUT2D eigenvalue weighted by atomic mass is 14.9. The van der Waals surface area contributed by atoms with Gasteiger partial charge in [-0.3, -0.25) is 0 Å². The van der Waals surface area contributed by atoms with Gasteiger partial charge in [0.15, 0.2) is 0 Å². The van der Waals surface area contributed by atoms with Gasteiger partial charge in [0.25, 0.3) is 0 Å². The lowest BCUT2D eigenvalue weighted by Gasteiger charge is -2.08. The van der Waals surface area contributed by atoms with Crippen LogP contribution >= 0.6 is 0 Å². The van der Waals surface area contributed by atoms with Crippen molar-refractivity contribution in [3.8, 4) is 0 Å². The fourth-order valence-electron chi connectivity index (χ4n) is 1.88. The van der Waals surface area contributed by atoms with Gasteiger partial charge in [0.1, 0.15) is 0 Å². The van der Waals surface area contributed by atoms with Crippen LogP contribution in [0.4, 0.5) is 0 Å². The second-order valence-corrected chi connectivity index (χ2v) is 5.35. The molecule has 0 radical (unpaired) electrons. The van der Waals surface area contributed by atoms with Crippen molar-refractivity contribution in [3.63, 3.8) is 0 Å². The molecule has 96 valence electrons. The van der Waals surface area contributed by atoms with Gasteiger partial charge in [0, 0.05) is 12.6 Å². The summed E-state index contributed by atoms with van der Waals surface area (Å²) in [5.74, 6) is 0.730. The van der Waals surface area contributed by atoms with Crippen LogP contribution in [0.2, 0.25) is 0 Å². The van der Waals surface area contributed by atoms with Crippen molar-refractivity contribution in [2.75, 3.05) is 13.1 Å². The molecule has 1 unspecified atom stereocenters. The van der Waals surface area contributed by atoms with Gasteiger partial charge in [-0.15, -0.1) is 0 Å². The van der Waals surface area contributed by atoms with Crippen LogP contribution in [0.5, 0.6) is 0 Å². The van der Waals surface area contributed by atoms with Crippen molar-refractivity contribution in [1.82, 2.24) is 5.32 Å². The van der Waals surface area contributed by atoms with Gasteiger partial charge in [0.2, 0.25) is 0 Å². The molecule has 1 aromatic rings. The maximum atomic E-state index is 5.68. The molecule has 1 rings (SSSR count). The number of hydrogen-bond acceptors (Lipinski definition) is 2. The van der Waals surface area contributed by atoms with Crippen molar-refractivity contribution < 1.29 is 0 Å². The Bertz CT molecular complexity index is 301. The Labute approximate surface area is 106 Å². The Kier molecular flexibility index (Phi) is 6.23. The molecule has 0 aliphatic carbocycles. The maximum absolute atomic E-state index is 5.68. The number of benzene rings is 1. The van der Waals surface area contributed by atoms with E-state index < -0.39 is 0 Å². The summed E-state index contributed by atoms with van der Waals surface area (Å²) in [5.41, 5.74) is 8.51. The summed E-state index contributed by atoms with van der Waals surface area (Å²) in [5, 5.41) is 3.36. The summed E-state index contributed by atoms with van der Waals surface area (Å²) in [6, 6.07) is 9.22. The van der Waals surface area contributed by atoms with Gasteiger partial charge in [-0.05, 0) is 43.4 Å². The second-order valence-electron chi connectivity index (χ2n) is 5.35. The standard InChI is InChI=1S/C15H26N2/c1-12(2)10-15-6-4-14(5-7-15)8-9-17-11-13(3)16/h4-7,12-13,17H,8-11,16H2,1-3H3. The summed E-state index contributed by atoms with van der Waals surface area (Å²) in [7, 11) is 0. The van der Waals surface area contributed by atoms with Gasteiger partial charge in [-0.1, -0.05) is 38.1 Å². The highest BCUT2D eigenvalue weighted by Gasteiger charge is 1.99. The Morgan fingerprint density at radius 1 is 1.06 bits per heavy atom. The molecule has 0 heterocycles. The molecule has 0 aliphatic heterocycles. The van der Waals surface area contributed by atoms with E-state index in [0.29, 0.717) is 0 Å². The first kappa shape index (κ1) is 14.2. The lowest BCUT2D eigenvalue weighted by atomic mass is 10.0. The lowest BCUT2D eigenvalue weighted by Crippen LogP contribution is -2.32. The van der Waals surface area contributed by atoms with Crippen LogP contribution in [0.25, 0.3) is 0 Å². The molecule has 0 aromatic heterocycles. The van der Waals surface area contributed by atoms with E-state index >= 15 is 0 Å². The second kappa shape index (κ2) is 7.46. The molecule has 0 aliphatic rings. The molecular weight excluding hydrogens is 208 g/mol. The normalized spacial score (nSPS) is 13.0. The van der Waals surface area contributed by atoms with Gasteiger partial charge in [-0.25, -0.2) is 0 Å². The van der Waals surface area contributed by atoms with Crippen LogP contribution in [-0.2, 0) is 12.8 Å². The first-order valence-corrected chi connectivity index (χ1v) is 6.62. The van der Waals surface area contributed by atoms with Crippen molar-refractivity contribution in [2.45, 2.75) is 39.7 Å². The molecule has 0 amide bonds. The van der Waals surface area contributed by atoms with E-state index in [0.717, 1.165) is 25.4 Å². The minimum atomic E-state index is 0.239. The highest BCUT2D eigenvalue weighted by Crippen LogP contribution is 2.09. The van der Waals surface area contributed by atoms with Crippen LogP contribution in [0, 0.1) is 5.92 Å². The Hall–Kier alpha value is -0.860. The Morgan fingerprint density at radius 3 is 2.18 bits per heavy atom. The zero-order valence-corrected chi connectivity index (χ0v) is 11.4. The van der Waals surface area contributed by atoms with Gasteiger partial charge in [-0.2, -0.15) is 0 Å². The molecule has 3 N–H and O–H groups in total. The molecule has 0 spiro atoms. The average Bonchev–Trinajstić information content (AvgIpc) is 2.25. The minimum Gasteiger partial charge on any atom is -0.327 e. The predicted octanol–water partition coefficient (Wildman–Crippen LogP) is 2.36. The number of rotatable bonds is 7. The van der Waals surface area contributed by atoms with E-state index in [1.54, 1.807) is 0 Å².